The number of thiophene rings is 1. The monoisotopic (exact) mass is 272 g/mol. The quantitative estimate of drug-likeness (QED) is 0.898. The minimum atomic E-state index is 0.0185. The van der Waals surface area contributed by atoms with E-state index in [1.165, 1.54) is 11.1 Å². The van der Waals surface area contributed by atoms with Crippen molar-refractivity contribution >= 4 is 22.9 Å². The average molecular weight is 272 g/mol. The summed E-state index contributed by atoms with van der Waals surface area (Å²) in [6.07, 6.45) is 1.90. The van der Waals surface area contributed by atoms with E-state index in [1.807, 2.05) is 18.2 Å². The van der Waals surface area contributed by atoms with Crippen LogP contribution in [0.3, 0.4) is 0 Å². The Morgan fingerprint density at radius 3 is 3.16 bits per heavy atom. The van der Waals surface area contributed by atoms with Crippen molar-refractivity contribution in [3.05, 3.63) is 51.7 Å². The van der Waals surface area contributed by atoms with Crippen LogP contribution in [0.1, 0.15) is 21.5 Å². The maximum atomic E-state index is 12.0. The number of hydrogen-bond acceptors (Lipinski definition) is 3. The van der Waals surface area contributed by atoms with Crippen molar-refractivity contribution in [3.63, 3.8) is 0 Å². The molecule has 2 heterocycles. The molecule has 0 saturated heterocycles. The molecule has 1 aromatic carbocycles. The highest BCUT2D eigenvalue weighted by atomic mass is 32.1. The zero-order chi connectivity index (χ0) is 13.1. The molecule has 0 aliphatic carbocycles. The van der Waals surface area contributed by atoms with Gasteiger partial charge < -0.3 is 10.6 Å². The normalized spacial score (nSPS) is 12.8. The molecule has 0 bridgehead atoms. The highest BCUT2D eigenvalue weighted by Crippen LogP contribution is 2.22. The van der Waals surface area contributed by atoms with Crippen molar-refractivity contribution in [2.45, 2.75) is 12.8 Å². The van der Waals surface area contributed by atoms with Gasteiger partial charge in [-0.2, -0.15) is 11.3 Å². The second kappa shape index (κ2) is 5.45. The van der Waals surface area contributed by atoms with Gasteiger partial charge in [-0.15, -0.1) is 0 Å². The van der Waals surface area contributed by atoms with Crippen molar-refractivity contribution in [3.8, 4) is 0 Å². The van der Waals surface area contributed by atoms with Gasteiger partial charge in [-0.05, 0) is 59.0 Å². The standard InChI is InChI=1S/C15H16N2OS/c18-15(17-6-3-11-5-8-19-10-11)13-1-2-14-12(9-13)4-7-16-14/h1-2,5,8-10,16H,3-4,6-7H2,(H,17,18). The molecule has 0 fully saturated rings. The van der Waals surface area contributed by atoms with E-state index in [0.717, 1.165) is 30.6 Å². The van der Waals surface area contributed by atoms with E-state index in [2.05, 4.69) is 27.5 Å². The van der Waals surface area contributed by atoms with E-state index in [1.54, 1.807) is 11.3 Å². The van der Waals surface area contributed by atoms with Crippen molar-refractivity contribution in [2.24, 2.45) is 0 Å². The van der Waals surface area contributed by atoms with E-state index < -0.39 is 0 Å². The molecule has 0 atom stereocenters. The fourth-order valence-electron chi connectivity index (χ4n) is 2.30. The Balaban J connectivity index is 1.58. The third-order valence-electron chi connectivity index (χ3n) is 3.36. The van der Waals surface area contributed by atoms with Crippen LogP contribution in [0, 0.1) is 0 Å². The molecule has 1 aromatic heterocycles. The molecule has 1 amide bonds. The first kappa shape index (κ1) is 12.2. The number of nitrogens with one attached hydrogen (secondary N) is 2. The van der Waals surface area contributed by atoms with Gasteiger partial charge in [-0.1, -0.05) is 0 Å². The van der Waals surface area contributed by atoms with Gasteiger partial charge in [0, 0.05) is 24.3 Å². The minimum Gasteiger partial charge on any atom is -0.384 e. The summed E-state index contributed by atoms with van der Waals surface area (Å²) in [7, 11) is 0. The first-order chi connectivity index (χ1) is 9.33. The van der Waals surface area contributed by atoms with Crippen molar-refractivity contribution in [1.82, 2.24) is 5.32 Å². The van der Waals surface area contributed by atoms with E-state index in [0.29, 0.717) is 6.54 Å². The van der Waals surface area contributed by atoms with Gasteiger partial charge in [0.25, 0.3) is 5.91 Å². The molecule has 0 saturated carbocycles. The van der Waals surface area contributed by atoms with Crippen LogP contribution in [0.4, 0.5) is 5.69 Å². The SMILES string of the molecule is O=C(NCCc1ccsc1)c1ccc2c(c1)CCN2. The molecule has 4 heteroatoms. The maximum absolute atomic E-state index is 12.0. The number of hydrogen-bond donors (Lipinski definition) is 2. The number of anilines is 1. The second-order valence-corrected chi connectivity index (χ2v) is 5.47. The van der Waals surface area contributed by atoms with Crippen LogP contribution in [0.15, 0.2) is 35.0 Å². The lowest BCUT2D eigenvalue weighted by atomic mass is 10.1. The van der Waals surface area contributed by atoms with Crippen LogP contribution < -0.4 is 10.6 Å². The lowest BCUT2D eigenvalue weighted by Gasteiger charge is -2.06. The van der Waals surface area contributed by atoms with Crippen LogP contribution in [0.25, 0.3) is 0 Å². The number of rotatable bonds is 4. The van der Waals surface area contributed by atoms with Gasteiger partial charge in [0.1, 0.15) is 0 Å². The maximum Gasteiger partial charge on any atom is 0.251 e. The summed E-state index contributed by atoms with van der Waals surface area (Å²) in [5.74, 6) is 0.0185. The van der Waals surface area contributed by atoms with Gasteiger partial charge in [-0.3, -0.25) is 4.79 Å². The highest BCUT2D eigenvalue weighted by molar-refractivity contribution is 7.07. The minimum absolute atomic E-state index is 0.0185. The predicted octanol–water partition coefficient (Wildman–Crippen LogP) is 2.69. The van der Waals surface area contributed by atoms with Gasteiger partial charge in [0.05, 0.1) is 0 Å². The summed E-state index contributed by atoms with van der Waals surface area (Å²) < 4.78 is 0. The summed E-state index contributed by atoms with van der Waals surface area (Å²) >= 11 is 1.69. The summed E-state index contributed by atoms with van der Waals surface area (Å²) in [5.41, 5.74) is 4.44. The summed E-state index contributed by atoms with van der Waals surface area (Å²) in [6.45, 7) is 1.66. The molecular formula is C15H16N2OS. The van der Waals surface area contributed by atoms with Crippen LogP contribution >= 0.6 is 11.3 Å². The molecule has 2 aromatic rings. The van der Waals surface area contributed by atoms with Gasteiger partial charge in [-0.25, -0.2) is 0 Å². The molecule has 0 radical (unpaired) electrons. The molecule has 1 aliphatic heterocycles. The Morgan fingerprint density at radius 1 is 1.37 bits per heavy atom. The van der Waals surface area contributed by atoms with Gasteiger partial charge in [0.2, 0.25) is 0 Å². The number of carbonyl (C=O) groups excluding carboxylic acids is 1. The molecular weight excluding hydrogens is 256 g/mol. The van der Waals surface area contributed by atoms with Crippen LogP contribution in [-0.2, 0) is 12.8 Å². The summed E-state index contributed by atoms with van der Waals surface area (Å²) in [6, 6.07) is 7.97. The zero-order valence-electron chi connectivity index (χ0n) is 10.6. The lowest BCUT2D eigenvalue weighted by molar-refractivity contribution is 0.0954. The predicted molar refractivity (Wildman–Crippen MR) is 79.0 cm³/mol. The van der Waals surface area contributed by atoms with Crippen LogP contribution in [0.2, 0.25) is 0 Å². The van der Waals surface area contributed by atoms with Crippen molar-refractivity contribution in [2.75, 3.05) is 18.4 Å². The molecule has 0 spiro atoms. The summed E-state index contributed by atoms with van der Waals surface area (Å²) in [5, 5.41) is 10.4. The van der Waals surface area contributed by atoms with Crippen LogP contribution in [-0.4, -0.2) is 19.0 Å². The number of fused-ring (bicyclic) bond motifs is 1. The zero-order valence-corrected chi connectivity index (χ0v) is 11.4. The Bertz CT molecular complexity index is 578. The first-order valence-corrected chi connectivity index (χ1v) is 7.43. The molecule has 1 aliphatic rings. The molecule has 3 nitrogen and oxygen atoms in total. The second-order valence-electron chi connectivity index (χ2n) is 4.69. The lowest BCUT2D eigenvalue weighted by Crippen LogP contribution is -2.25. The highest BCUT2D eigenvalue weighted by Gasteiger charge is 2.13. The molecule has 3 rings (SSSR count). The Hall–Kier alpha value is -1.81. The molecule has 2 N–H and O–H groups in total. The van der Waals surface area contributed by atoms with E-state index in [4.69, 9.17) is 0 Å². The number of benzene rings is 1. The molecule has 0 unspecified atom stereocenters. The largest absolute Gasteiger partial charge is 0.384 e. The third kappa shape index (κ3) is 2.79. The average Bonchev–Trinajstić information content (AvgIpc) is 3.08. The smallest absolute Gasteiger partial charge is 0.251 e. The van der Waals surface area contributed by atoms with Gasteiger partial charge in [0.15, 0.2) is 0 Å². The Kier molecular flexibility index (Phi) is 3.51. The fraction of sp³-hybridized carbons (Fsp3) is 0.267. The first-order valence-electron chi connectivity index (χ1n) is 6.49. The third-order valence-corrected chi connectivity index (χ3v) is 4.09. The Labute approximate surface area is 116 Å². The van der Waals surface area contributed by atoms with E-state index in [9.17, 15) is 4.79 Å². The molecule has 19 heavy (non-hydrogen) atoms. The Morgan fingerprint density at radius 2 is 2.32 bits per heavy atom. The van der Waals surface area contributed by atoms with E-state index in [-0.39, 0.29) is 5.91 Å². The fourth-order valence-corrected chi connectivity index (χ4v) is 3.01. The van der Waals surface area contributed by atoms with Crippen LogP contribution in [0.5, 0.6) is 0 Å². The van der Waals surface area contributed by atoms with Crippen molar-refractivity contribution < 1.29 is 4.79 Å². The van der Waals surface area contributed by atoms with Crippen molar-refractivity contribution in [1.29, 1.82) is 0 Å². The molecule has 98 valence electrons. The van der Waals surface area contributed by atoms with Gasteiger partial charge >= 0.3 is 0 Å². The topological polar surface area (TPSA) is 41.1 Å². The summed E-state index contributed by atoms with van der Waals surface area (Å²) in [4.78, 5) is 12.0. The van der Waals surface area contributed by atoms with E-state index >= 15 is 0 Å². The number of amides is 1. The number of carbonyl (C=O) groups is 1.